The first-order valence-electron chi connectivity index (χ1n) is 2.78. The van der Waals surface area contributed by atoms with Crippen LogP contribution in [0.15, 0.2) is 0 Å². The molecule has 0 rings (SSSR count). The molecule has 1 heteroatoms. The van der Waals surface area contributed by atoms with Crippen LogP contribution in [0.5, 0.6) is 0 Å². The first kappa shape index (κ1) is 6.96. The fourth-order valence-corrected chi connectivity index (χ4v) is 0.440. The summed E-state index contributed by atoms with van der Waals surface area (Å²) in [6, 6.07) is 0. The Kier molecular flexibility index (Phi) is 4.10. The summed E-state index contributed by atoms with van der Waals surface area (Å²) in [6.45, 7) is 5.59. The van der Waals surface area contributed by atoms with Crippen LogP contribution in [0.2, 0.25) is 0 Å². The highest BCUT2D eigenvalue weighted by Crippen LogP contribution is 1.97. The van der Waals surface area contributed by atoms with Crippen molar-refractivity contribution >= 4 is 0 Å². The van der Waals surface area contributed by atoms with Crippen LogP contribution in [0.1, 0.15) is 26.2 Å². The van der Waals surface area contributed by atoms with E-state index in [2.05, 4.69) is 6.92 Å². The van der Waals surface area contributed by atoms with Gasteiger partial charge in [-0.1, -0.05) is 13.3 Å². The molecule has 7 heavy (non-hydrogen) atoms. The van der Waals surface area contributed by atoms with Crippen LogP contribution in [0.3, 0.4) is 0 Å². The van der Waals surface area contributed by atoms with Gasteiger partial charge in [0, 0.05) is 0 Å². The predicted octanol–water partition coefficient (Wildman–Crippen LogP) is 1.37. The third-order valence-electron chi connectivity index (χ3n) is 1.01. The second kappa shape index (κ2) is 4.13. The van der Waals surface area contributed by atoms with Gasteiger partial charge in [-0.3, -0.25) is 0 Å². The summed E-state index contributed by atoms with van der Waals surface area (Å²) in [4.78, 5) is 0. The lowest BCUT2D eigenvalue weighted by Crippen LogP contribution is -2.01. The third-order valence-corrected chi connectivity index (χ3v) is 1.01. The van der Waals surface area contributed by atoms with Crippen molar-refractivity contribution in [3.05, 3.63) is 6.92 Å². The van der Waals surface area contributed by atoms with Crippen molar-refractivity contribution in [1.29, 1.82) is 0 Å². The lowest BCUT2D eigenvalue weighted by molar-refractivity contribution is 0.161. The summed E-state index contributed by atoms with van der Waals surface area (Å²) in [6.07, 6.45) is 2.43. The zero-order valence-corrected chi connectivity index (χ0v) is 4.85. The van der Waals surface area contributed by atoms with Crippen molar-refractivity contribution in [2.75, 3.05) is 0 Å². The van der Waals surface area contributed by atoms with Gasteiger partial charge in [-0.2, -0.15) is 6.42 Å². The van der Waals surface area contributed by atoms with Crippen LogP contribution >= 0.6 is 0 Å². The molecule has 0 spiro atoms. The minimum Gasteiger partial charge on any atom is -0.393 e. The summed E-state index contributed by atoms with van der Waals surface area (Å²) in [5.74, 6) is 0. The smallest absolute Gasteiger partial charge is 0.0513 e. The van der Waals surface area contributed by atoms with E-state index < -0.39 is 0 Å². The first-order chi connectivity index (χ1) is 3.31. The minimum absolute atomic E-state index is 0.113. The summed E-state index contributed by atoms with van der Waals surface area (Å²) in [7, 11) is 0. The molecule has 0 saturated heterocycles. The number of aliphatic hydroxyl groups excluding tert-OH is 1. The molecule has 0 amide bonds. The van der Waals surface area contributed by atoms with Gasteiger partial charge in [0.2, 0.25) is 0 Å². The Balaban J connectivity index is 2.83. The van der Waals surface area contributed by atoms with Gasteiger partial charge in [0.15, 0.2) is 0 Å². The standard InChI is InChI=1S/C6H13O/c1-3-5-6(7)4-2/h6-7H,1,3-5H2,2H3/q-1/t6-/m1/s1. The Hall–Kier alpha value is -0.0400. The maximum Gasteiger partial charge on any atom is 0.0513 e. The number of hydrogen-bond acceptors (Lipinski definition) is 1. The quantitative estimate of drug-likeness (QED) is 0.532. The monoisotopic (exact) mass is 101 g/mol. The maximum atomic E-state index is 8.82. The molecule has 0 aliphatic heterocycles. The van der Waals surface area contributed by atoms with Gasteiger partial charge in [0.25, 0.3) is 0 Å². The molecule has 0 aromatic rings. The fraction of sp³-hybridized carbons (Fsp3) is 0.833. The zero-order chi connectivity index (χ0) is 5.70. The molecule has 0 aromatic heterocycles. The van der Waals surface area contributed by atoms with E-state index in [0.717, 1.165) is 19.3 Å². The van der Waals surface area contributed by atoms with Crippen molar-refractivity contribution < 1.29 is 5.11 Å². The van der Waals surface area contributed by atoms with E-state index in [4.69, 9.17) is 5.11 Å². The van der Waals surface area contributed by atoms with Crippen molar-refractivity contribution in [2.24, 2.45) is 0 Å². The van der Waals surface area contributed by atoms with E-state index in [1.54, 1.807) is 0 Å². The second-order valence-electron chi connectivity index (χ2n) is 1.70. The van der Waals surface area contributed by atoms with E-state index >= 15 is 0 Å². The van der Waals surface area contributed by atoms with Crippen LogP contribution in [0.25, 0.3) is 0 Å². The van der Waals surface area contributed by atoms with Gasteiger partial charge in [-0.15, -0.1) is 0 Å². The average molecular weight is 101 g/mol. The molecular formula is C6H13O-. The summed E-state index contributed by atoms with van der Waals surface area (Å²) < 4.78 is 0. The molecule has 44 valence electrons. The minimum atomic E-state index is -0.113. The number of aliphatic hydroxyl groups is 1. The lowest BCUT2D eigenvalue weighted by atomic mass is 10.2. The molecule has 1 N–H and O–H groups in total. The molecule has 0 unspecified atom stereocenters. The molecule has 0 aromatic carbocycles. The molecule has 0 radical (unpaired) electrons. The number of hydrogen-bond donors (Lipinski definition) is 1. The van der Waals surface area contributed by atoms with Crippen LogP contribution in [-0.2, 0) is 0 Å². The van der Waals surface area contributed by atoms with Crippen LogP contribution in [0.4, 0.5) is 0 Å². The Morgan fingerprint density at radius 1 is 1.71 bits per heavy atom. The lowest BCUT2D eigenvalue weighted by Gasteiger charge is -2.04. The van der Waals surface area contributed by atoms with Crippen LogP contribution in [0, 0.1) is 6.92 Å². The predicted molar refractivity (Wildman–Crippen MR) is 30.9 cm³/mol. The second-order valence-corrected chi connectivity index (χ2v) is 1.70. The zero-order valence-electron chi connectivity index (χ0n) is 4.85. The average Bonchev–Trinajstić information content (AvgIpc) is 1.68. The first-order valence-corrected chi connectivity index (χ1v) is 2.78. The molecule has 0 saturated carbocycles. The van der Waals surface area contributed by atoms with E-state index in [1.807, 2.05) is 6.92 Å². The summed E-state index contributed by atoms with van der Waals surface area (Å²) in [5.41, 5.74) is 0. The van der Waals surface area contributed by atoms with Gasteiger partial charge in [0.1, 0.15) is 0 Å². The molecule has 1 nitrogen and oxygen atoms in total. The highest BCUT2D eigenvalue weighted by atomic mass is 16.3. The Labute approximate surface area is 45.4 Å². The largest absolute Gasteiger partial charge is 0.393 e. The van der Waals surface area contributed by atoms with Crippen molar-refractivity contribution in [2.45, 2.75) is 32.3 Å². The number of rotatable bonds is 3. The van der Waals surface area contributed by atoms with E-state index in [9.17, 15) is 0 Å². The highest BCUT2D eigenvalue weighted by molar-refractivity contribution is 4.51. The van der Waals surface area contributed by atoms with Crippen LogP contribution in [-0.4, -0.2) is 11.2 Å². The Bertz CT molecular complexity index is 35.2. The molecule has 0 aliphatic carbocycles. The molecule has 0 heterocycles. The summed E-state index contributed by atoms with van der Waals surface area (Å²) >= 11 is 0. The van der Waals surface area contributed by atoms with Gasteiger partial charge in [-0.25, -0.2) is 0 Å². The van der Waals surface area contributed by atoms with E-state index in [1.165, 1.54) is 0 Å². The molecule has 0 bridgehead atoms. The Morgan fingerprint density at radius 2 is 2.29 bits per heavy atom. The molecule has 0 aliphatic rings. The van der Waals surface area contributed by atoms with E-state index in [-0.39, 0.29) is 6.10 Å². The van der Waals surface area contributed by atoms with E-state index in [0.29, 0.717) is 0 Å². The van der Waals surface area contributed by atoms with Crippen molar-refractivity contribution in [3.63, 3.8) is 0 Å². The topological polar surface area (TPSA) is 20.2 Å². The SMILES string of the molecule is [CH2-]CC[C@H](O)CC. The van der Waals surface area contributed by atoms with Gasteiger partial charge in [-0.05, 0) is 6.42 Å². The normalized spacial score (nSPS) is 14.1. The van der Waals surface area contributed by atoms with Gasteiger partial charge >= 0.3 is 0 Å². The highest BCUT2D eigenvalue weighted by Gasteiger charge is 1.92. The fourth-order valence-electron chi connectivity index (χ4n) is 0.440. The maximum absolute atomic E-state index is 8.82. The molecule has 1 atom stereocenters. The molecular weight excluding hydrogens is 88.1 g/mol. The molecule has 0 fully saturated rings. The summed E-state index contributed by atoms with van der Waals surface area (Å²) in [5, 5.41) is 8.82. The van der Waals surface area contributed by atoms with Crippen molar-refractivity contribution in [3.8, 4) is 0 Å². The van der Waals surface area contributed by atoms with Gasteiger partial charge < -0.3 is 12.0 Å². The third kappa shape index (κ3) is 3.80. The Morgan fingerprint density at radius 3 is 2.43 bits per heavy atom. The van der Waals surface area contributed by atoms with Crippen molar-refractivity contribution in [1.82, 2.24) is 0 Å². The van der Waals surface area contributed by atoms with Gasteiger partial charge in [0.05, 0.1) is 6.10 Å². The van der Waals surface area contributed by atoms with Crippen LogP contribution < -0.4 is 0 Å².